The predicted molar refractivity (Wildman–Crippen MR) is 62.8 cm³/mol. The maximum Gasteiger partial charge on any atom is 0.238 e. The molecule has 0 aliphatic heterocycles. The van der Waals surface area contributed by atoms with E-state index < -0.39 is 5.41 Å². The number of amides is 2. The molecule has 0 bridgehead atoms. The van der Waals surface area contributed by atoms with E-state index >= 15 is 0 Å². The first-order valence-electron chi connectivity index (χ1n) is 5.53. The van der Waals surface area contributed by atoms with Gasteiger partial charge in [0, 0.05) is 21.1 Å². The Hall–Kier alpha value is -1.06. The second-order valence-corrected chi connectivity index (χ2v) is 5.78. The Morgan fingerprint density at radius 1 is 1.00 bits per heavy atom. The highest BCUT2D eigenvalue weighted by molar-refractivity contribution is 6.10. The van der Waals surface area contributed by atoms with Crippen LogP contribution in [0.5, 0.6) is 0 Å². The zero-order valence-electron chi connectivity index (χ0n) is 11.3. The van der Waals surface area contributed by atoms with Gasteiger partial charge < -0.3 is 10.2 Å². The fourth-order valence-electron chi connectivity index (χ4n) is 3.03. The summed E-state index contributed by atoms with van der Waals surface area (Å²) in [6.45, 7) is 7.90. The van der Waals surface area contributed by atoms with Crippen molar-refractivity contribution in [3.63, 3.8) is 0 Å². The molecule has 0 aromatic carbocycles. The van der Waals surface area contributed by atoms with Crippen LogP contribution in [-0.4, -0.2) is 37.9 Å². The van der Waals surface area contributed by atoms with Gasteiger partial charge in [0.1, 0.15) is 5.41 Å². The van der Waals surface area contributed by atoms with Gasteiger partial charge in [-0.1, -0.05) is 27.7 Å². The van der Waals surface area contributed by atoms with Crippen molar-refractivity contribution in [2.24, 2.45) is 16.2 Å². The van der Waals surface area contributed by atoms with Crippen molar-refractivity contribution in [3.8, 4) is 0 Å². The van der Waals surface area contributed by atoms with Crippen molar-refractivity contribution < 1.29 is 9.59 Å². The standard InChI is InChI=1S/C12H22N2O2/c1-10(2)11(3,4)12(10,8(15)13-5)9(16)14(6)7/h1-7H3,(H,13,15). The molecule has 0 spiro atoms. The largest absolute Gasteiger partial charge is 0.358 e. The Morgan fingerprint density at radius 3 is 1.56 bits per heavy atom. The fraction of sp³-hybridized carbons (Fsp3) is 0.833. The van der Waals surface area contributed by atoms with E-state index in [1.54, 1.807) is 21.1 Å². The summed E-state index contributed by atoms with van der Waals surface area (Å²) in [6, 6.07) is 0. The molecule has 1 aliphatic carbocycles. The minimum absolute atomic E-state index is 0.109. The number of nitrogens with one attached hydrogen (secondary N) is 1. The van der Waals surface area contributed by atoms with E-state index in [4.69, 9.17) is 0 Å². The van der Waals surface area contributed by atoms with Crippen molar-refractivity contribution >= 4 is 11.8 Å². The molecule has 0 heterocycles. The van der Waals surface area contributed by atoms with Crippen LogP contribution in [0.3, 0.4) is 0 Å². The minimum Gasteiger partial charge on any atom is -0.358 e. The lowest BCUT2D eigenvalue weighted by molar-refractivity contribution is -0.145. The van der Waals surface area contributed by atoms with E-state index in [9.17, 15) is 9.59 Å². The fourth-order valence-corrected chi connectivity index (χ4v) is 3.03. The van der Waals surface area contributed by atoms with Gasteiger partial charge in [-0.05, 0) is 10.8 Å². The SMILES string of the molecule is CNC(=O)C1(C(=O)N(C)C)C(C)(C)C1(C)C. The molecule has 0 saturated heterocycles. The van der Waals surface area contributed by atoms with E-state index in [0.717, 1.165) is 0 Å². The van der Waals surface area contributed by atoms with E-state index in [-0.39, 0.29) is 22.6 Å². The highest BCUT2D eigenvalue weighted by Gasteiger charge is 2.85. The molecule has 1 saturated carbocycles. The third kappa shape index (κ3) is 1.05. The van der Waals surface area contributed by atoms with Gasteiger partial charge in [-0.15, -0.1) is 0 Å². The quantitative estimate of drug-likeness (QED) is 0.710. The lowest BCUT2D eigenvalue weighted by atomic mass is 9.91. The van der Waals surface area contributed by atoms with Gasteiger partial charge in [0.05, 0.1) is 0 Å². The number of rotatable bonds is 2. The Balaban J connectivity index is 3.30. The molecule has 1 fully saturated rings. The molecule has 1 aliphatic rings. The lowest BCUT2D eigenvalue weighted by Crippen LogP contribution is -2.45. The summed E-state index contributed by atoms with van der Waals surface area (Å²) in [4.78, 5) is 25.9. The van der Waals surface area contributed by atoms with Crippen LogP contribution in [-0.2, 0) is 9.59 Å². The Bertz CT molecular complexity index is 329. The van der Waals surface area contributed by atoms with Crippen molar-refractivity contribution in [1.29, 1.82) is 0 Å². The first-order chi connectivity index (χ1) is 7.09. The number of nitrogens with zero attached hydrogens (tertiary/aromatic N) is 1. The zero-order chi connectivity index (χ0) is 12.9. The Labute approximate surface area is 97.4 Å². The number of hydrogen-bond acceptors (Lipinski definition) is 2. The molecule has 0 radical (unpaired) electrons. The predicted octanol–water partition coefficient (Wildman–Crippen LogP) is 0.873. The molecule has 4 nitrogen and oxygen atoms in total. The average molecular weight is 226 g/mol. The van der Waals surface area contributed by atoms with Crippen LogP contribution in [0.2, 0.25) is 0 Å². The summed E-state index contributed by atoms with van der Waals surface area (Å²) in [5.41, 5.74) is -1.57. The van der Waals surface area contributed by atoms with Crippen LogP contribution in [0.4, 0.5) is 0 Å². The van der Waals surface area contributed by atoms with E-state index in [1.807, 2.05) is 27.7 Å². The van der Waals surface area contributed by atoms with Crippen molar-refractivity contribution in [2.45, 2.75) is 27.7 Å². The van der Waals surface area contributed by atoms with Gasteiger partial charge in [-0.3, -0.25) is 9.59 Å². The molecular weight excluding hydrogens is 204 g/mol. The minimum atomic E-state index is -0.932. The Morgan fingerprint density at radius 2 is 1.38 bits per heavy atom. The number of hydrogen-bond donors (Lipinski definition) is 1. The van der Waals surface area contributed by atoms with Gasteiger partial charge in [0.2, 0.25) is 11.8 Å². The van der Waals surface area contributed by atoms with Crippen LogP contribution < -0.4 is 5.32 Å². The highest BCUT2D eigenvalue weighted by Crippen LogP contribution is 2.78. The molecule has 16 heavy (non-hydrogen) atoms. The summed E-state index contributed by atoms with van der Waals surface area (Å²) >= 11 is 0. The monoisotopic (exact) mass is 226 g/mol. The Kier molecular flexibility index (Phi) is 2.61. The second kappa shape index (κ2) is 3.22. The van der Waals surface area contributed by atoms with Gasteiger partial charge in [0.15, 0.2) is 0 Å². The molecule has 1 rings (SSSR count). The molecular formula is C12H22N2O2. The molecule has 0 unspecified atom stereocenters. The van der Waals surface area contributed by atoms with E-state index in [2.05, 4.69) is 5.32 Å². The molecule has 0 aromatic heterocycles. The van der Waals surface area contributed by atoms with Crippen molar-refractivity contribution in [3.05, 3.63) is 0 Å². The van der Waals surface area contributed by atoms with Crippen LogP contribution >= 0.6 is 0 Å². The number of carbonyl (C=O) groups is 2. The molecule has 2 amide bonds. The zero-order valence-corrected chi connectivity index (χ0v) is 11.3. The van der Waals surface area contributed by atoms with Gasteiger partial charge >= 0.3 is 0 Å². The van der Waals surface area contributed by atoms with Gasteiger partial charge in [0.25, 0.3) is 0 Å². The van der Waals surface area contributed by atoms with Crippen LogP contribution in [0, 0.1) is 16.2 Å². The summed E-state index contributed by atoms with van der Waals surface area (Å²) in [7, 11) is 4.96. The first kappa shape index (κ1) is 13.0. The first-order valence-corrected chi connectivity index (χ1v) is 5.53. The molecule has 4 heteroatoms. The summed E-state index contributed by atoms with van der Waals surface area (Å²) < 4.78 is 0. The third-order valence-electron chi connectivity index (χ3n) is 4.67. The average Bonchev–Trinajstić information content (AvgIpc) is 2.52. The van der Waals surface area contributed by atoms with Gasteiger partial charge in [-0.2, -0.15) is 0 Å². The summed E-state index contributed by atoms with van der Waals surface area (Å²) in [5.74, 6) is -0.289. The normalized spacial score (nSPS) is 23.4. The molecule has 1 N–H and O–H groups in total. The third-order valence-corrected chi connectivity index (χ3v) is 4.67. The van der Waals surface area contributed by atoms with E-state index in [1.165, 1.54) is 4.90 Å². The lowest BCUT2D eigenvalue weighted by Gasteiger charge is -2.23. The topological polar surface area (TPSA) is 49.4 Å². The number of carbonyl (C=O) groups excluding carboxylic acids is 2. The molecule has 0 atom stereocenters. The second-order valence-electron chi connectivity index (χ2n) is 5.78. The maximum absolute atomic E-state index is 12.3. The van der Waals surface area contributed by atoms with Crippen LogP contribution in [0.25, 0.3) is 0 Å². The van der Waals surface area contributed by atoms with Crippen LogP contribution in [0.15, 0.2) is 0 Å². The van der Waals surface area contributed by atoms with Crippen molar-refractivity contribution in [1.82, 2.24) is 10.2 Å². The van der Waals surface area contributed by atoms with Crippen LogP contribution in [0.1, 0.15) is 27.7 Å². The maximum atomic E-state index is 12.3. The summed E-state index contributed by atoms with van der Waals surface area (Å²) in [6.07, 6.45) is 0. The molecule has 0 aromatic rings. The smallest absolute Gasteiger partial charge is 0.238 e. The highest BCUT2D eigenvalue weighted by atomic mass is 16.2. The van der Waals surface area contributed by atoms with E-state index in [0.29, 0.717) is 0 Å². The van der Waals surface area contributed by atoms with Gasteiger partial charge in [-0.25, -0.2) is 0 Å². The molecule has 92 valence electrons. The summed E-state index contributed by atoms with van der Waals surface area (Å²) in [5, 5.41) is 2.63. The van der Waals surface area contributed by atoms with Crippen molar-refractivity contribution in [2.75, 3.05) is 21.1 Å².